The van der Waals surface area contributed by atoms with Crippen LogP contribution in [0.2, 0.25) is 0 Å². The van der Waals surface area contributed by atoms with Crippen LogP contribution in [0.1, 0.15) is 18.4 Å². The molecule has 0 aliphatic carbocycles. The number of fused-ring (bicyclic) bond motifs is 1. The van der Waals surface area contributed by atoms with Gasteiger partial charge in [0.1, 0.15) is 11.9 Å². The van der Waals surface area contributed by atoms with Crippen molar-refractivity contribution < 1.29 is 13.9 Å². The highest BCUT2D eigenvalue weighted by atomic mass is 79.9. The summed E-state index contributed by atoms with van der Waals surface area (Å²) in [5, 5.41) is 0. The molecule has 20 heavy (non-hydrogen) atoms. The van der Waals surface area contributed by atoms with Gasteiger partial charge in [-0.15, -0.1) is 0 Å². The molecule has 0 aromatic heterocycles. The zero-order valence-electron chi connectivity index (χ0n) is 11.1. The smallest absolute Gasteiger partial charge is 0.167 e. The van der Waals surface area contributed by atoms with Crippen molar-refractivity contribution in [1.82, 2.24) is 4.90 Å². The van der Waals surface area contributed by atoms with Gasteiger partial charge in [-0.3, -0.25) is 9.69 Å². The van der Waals surface area contributed by atoms with Crippen LogP contribution in [0, 0.1) is 5.82 Å². The second-order valence-corrected chi connectivity index (χ2v) is 6.45. The summed E-state index contributed by atoms with van der Waals surface area (Å²) in [5.74, 6) is -0.292. The van der Waals surface area contributed by atoms with Crippen LogP contribution < -0.4 is 0 Å². The lowest BCUT2D eigenvalue weighted by molar-refractivity contribution is -0.137. The standard InChI is InChI=1S/C15H17BrFNO2/c16-11-4-10(5-12(17)7-11)6-14(19)15-8-18-3-1-2-13(18)9-20-15/h4-5,7,13,15H,1-3,6,8-9H2. The zero-order chi connectivity index (χ0) is 14.1. The summed E-state index contributed by atoms with van der Waals surface area (Å²) in [7, 11) is 0. The van der Waals surface area contributed by atoms with E-state index in [1.165, 1.54) is 18.6 Å². The van der Waals surface area contributed by atoms with E-state index in [0.717, 1.165) is 13.0 Å². The molecule has 3 nitrogen and oxygen atoms in total. The Morgan fingerprint density at radius 2 is 2.30 bits per heavy atom. The molecule has 2 atom stereocenters. The Bertz CT molecular complexity index is 502. The maximum Gasteiger partial charge on any atom is 0.167 e. The quantitative estimate of drug-likeness (QED) is 0.846. The Labute approximate surface area is 126 Å². The fourth-order valence-electron chi connectivity index (χ4n) is 3.04. The summed E-state index contributed by atoms with van der Waals surface area (Å²) in [6, 6.07) is 5.06. The second kappa shape index (κ2) is 5.92. The van der Waals surface area contributed by atoms with E-state index >= 15 is 0 Å². The third-order valence-corrected chi connectivity index (χ3v) is 4.51. The maximum absolute atomic E-state index is 13.3. The normalized spacial score (nSPS) is 26.5. The fraction of sp³-hybridized carbons (Fsp3) is 0.533. The Kier molecular flexibility index (Phi) is 4.19. The van der Waals surface area contributed by atoms with E-state index in [4.69, 9.17) is 4.74 Å². The van der Waals surface area contributed by atoms with E-state index in [9.17, 15) is 9.18 Å². The summed E-state index contributed by atoms with van der Waals surface area (Å²) in [4.78, 5) is 14.6. The van der Waals surface area contributed by atoms with Gasteiger partial charge < -0.3 is 4.74 Å². The predicted molar refractivity (Wildman–Crippen MR) is 77.1 cm³/mol. The number of ketones is 1. The number of nitrogens with zero attached hydrogens (tertiary/aromatic N) is 1. The van der Waals surface area contributed by atoms with E-state index in [2.05, 4.69) is 20.8 Å². The van der Waals surface area contributed by atoms with Crippen LogP contribution in [0.25, 0.3) is 0 Å². The SMILES string of the molecule is O=C(Cc1cc(F)cc(Br)c1)C1CN2CCCC2CO1. The van der Waals surface area contributed by atoms with Crippen molar-refractivity contribution in [3.63, 3.8) is 0 Å². The molecule has 2 aliphatic heterocycles. The molecule has 2 heterocycles. The lowest BCUT2D eigenvalue weighted by atomic mass is 10.0. The molecule has 108 valence electrons. The minimum absolute atomic E-state index is 0.0350. The van der Waals surface area contributed by atoms with Crippen molar-refractivity contribution in [2.75, 3.05) is 19.7 Å². The van der Waals surface area contributed by atoms with Gasteiger partial charge in [0.25, 0.3) is 0 Å². The second-order valence-electron chi connectivity index (χ2n) is 5.53. The molecule has 2 aliphatic rings. The summed E-state index contributed by atoms with van der Waals surface area (Å²) in [6.45, 7) is 2.38. The van der Waals surface area contributed by atoms with Gasteiger partial charge in [0.05, 0.1) is 6.61 Å². The summed E-state index contributed by atoms with van der Waals surface area (Å²) < 4.78 is 19.7. The molecule has 0 radical (unpaired) electrons. The Balaban J connectivity index is 1.64. The van der Waals surface area contributed by atoms with Crippen LogP contribution in [0.3, 0.4) is 0 Å². The first kappa shape index (κ1) is 14.2. The predicted octanol–water partition coefficient (Wildman–Crippen LogP) is 2.56. The number of hydrogen-bond acceptors (Lipinski definition) is 3. The largest absolute Gasteiger partial charge is 0.367 e. The molecule has 3 rings (SSSR count). The number of morpholine rings is 1. The number of carbonyl (C=O) groups is 1. The fourth-order valence-corrected chi connectivity index (χ4v) is 3.55. The number of hydrogen-bond donors (Lipinski definition) is 0. The third-order valence-electron chi connectivity index (χ3n) is 4.05. The first-order valence-electron chi connectivity index (χ1n) is 6.95. The molecule has 5 heteroatoms. The van der Waals surface area contributed by atoms with Crippen molar-refractivity contribution in [3.8, 4) is 0 Å². The van der Waals surface area contributed by atoms with Gasteiger partial charge in [0, 0.05) is 23.5 Å². The lowest BCUT2D eigenvalue weighted by Gasteiger charge is -2.34. The molecule has 2 saturated heterocycles. The number of benzene rings is 1. The molecule has 1 aromatic carbocycles. The van der Waals surface area contributed by atoms with E-state index in [1.54, 1.807) is 6.07 Å². The van der Waals surface area contributed by atoms with Gasteiger partial charge in [-0.1, -0.05) is 15.9 Å². The van der Waals surface area contributed by atoms with E-state index < -0.39 is 0 Å². The van der Waals surface area contributed by atoms with Crippen LogP contribution in [0.15, 0.2) is 22.7 Å². The lowest BCUT2D eigenvalue weighted by Crippen LogP contribution is -2.49. The van der Waals surface area contributed by atoms with Crippen LogP contribution in [-0.2, 0) is 16.0 Å². The van der Waals surface area contributed by atoms with Gasteiger partial charge in [-0.05, 0) is 43.1 Å². The van der Waals surface area contributed by atoms with Gasteiger partial charge in [-0.2, -0.15) is 0 Å². The molecule has 0 saturated carbocycles. The van der Waals surface area contributed by atoms with Crippen LogP contribution in [0.5, 0.6) is 0 Å². The van der Waals surface area contributed by atoms with Crippen molar-refractivity contribution in [2.24, 2.45) is 0 Å². The molecule has 0 amide bonds. The molecule has 0 N–H and O–H groups in total. The van der Waals surface area contributed by atoms with Gasteiger partial charge in [-0.25, -0.2) is 4.39 Å². The third kappa shape index (κ3) is 3.10. The van der Waals surface area contributed by atoms with Crippen LogP contribution >= 0.6 is 15.9 Å². The number of rotatable bonds is 3. The molecule has 2 unspecified atom stereocenters. The number of Topliss-reactive ketones (excluding diaryl/α,β-unsaturated/α-hetero) is 1. The molecule has 0 spiro atoms. The Morgan fingerprint density at radius 1 is 1.45 bits per heavy atom. The molecule has 2 fully saturated rings. The van der Waals surface area contributed by atoms with Crippen molar-refractivity contribution >= 4 is 21.7 Å². The zero-order valence-corrected chi connectivity index (χ0v) is 12.7. The van der Waals surface area contributed by atoms with Gasteiger partial charge >= 0.3 is 0 Å². The van der Waals surface area contributed by atoms with E-state index in [1.807, 2.05) is 0 Å². The summed E-state index contributed by atoms with van der Waals surface area (Å²) >= 11 is 3.25. The highest BCUT2D eigenvalue weighted by Gasteiger charge is 2.35. The van der Waals surface area contributed by atoms with Crippen molar-refractivity contribution in [3.05, 3.63) is 34.1 Å². The number of ether oxygens (including phenoxy) is 1. The topological polar surface area (TPSA) is 29.5 Å². The molecule has 0 bridgehead atoms. The summed E-state index contributed by atoms with van der Waals surface area (Å²) in [6.07, 6.45) is 2.20. The van der Waals surface area contributed by atoms with Crippen molar-refractivity contribution in [2.45, 2.75) is 31.4 Å². The Morgan fingerprint density at radius 3 is 3.10 bits per heavy atom. The number of carbonyl (C=O) groups excluding carboxylic acids is 1. The maximum atomic E-state index is 13.3. The van der Waals surface area contributed by atoms with Crippen molar-refractivity contribution in [1.29, 1.82) is 0 Å². The molecular weight excluding hydrogens is 325 g/mol. The van der Waals surface area contributed by atoms with Gasteiger partial charge in [0.15, 0.2) is 5.78 Å². The summed E-state index contributed by atoms with van der Waals surface area (Å²) in [5.41, 5.74) is 0.689. The minimum atomic E-state index is -0.369. The first-order chi connectivity index (χ1) is 9.61. The minimum Gasteiger partial charge on any atom is -0.367 e. The van der Waals surface area contributed by atoms with E-state index in [0.29, 0.717) is 29.2 Å². The first-order valence-corrected chi connectivity index (χ1v) is 7.74. The highest BCUT2D eigenvalue weighted by Crippen LogP contribution is 2.24. The average Bonchev–Trinajstić information content (AvgIpc) is 2.84. The number of halogens is 2. The monoisotopic (exact) mass is 341 g/mol. The van der Waals surface area contributed by atoms with Gasteiger partial charge in [0.2, 0.25) is 0 Å². The van der Waals surface area contributed by atoms with E-state index in [-0.39, 0.29) is 24.1 Å². The van der Waals surface area contributed by atoms with Crippen LogP contribution in [0.4, 0.5) is 4.39 Å². The van der Waals surface area contributed by atoms with Crippen LogP contribution in [-0.4, -0.2) is 42.5 Å². The molecular formula is C15H17BrFNO2. The highest BCUT2D eigenvalue weighted by molar-refractivity contribution is 9.10. The molecule has 1 aromatic rings. The average molecular weight is 342 g/mol. The Hall–Kier alpha value is -0.780.